The van der Waals surface area contributed by atoms with Gasteiger partial charge in [-0.3, -0.25) is 9.69 Å². The van der Waals surface area contributed by atoms with E-state index in [9.17, 15) is 4.79 Å². The number of ether oxygens (including phenoxy) is 1. The molecule has 3 heteroatoms. The van der Waals surface area contributed by atoms with Crippen LogP contribution in [0.25, 0.3) is 0 Å². The molecule has 0 heterocycles. The number of rotatable bonds is 6. The van der Waals surface area contributed by atoms with Crippen LogP contribution in [0.3, 0.4) is 0 Å². The summed E-state index contributed by atoms with van der Waals surface area (Å²) in [5.74, 6) is -0.112. The van der Waals surface area contributed by atoms with E-state index in [-0.39, 0.29) is 12.2 Å². The van der Waals surface area contributed by atoms with Gasteiger partial charge in [0.25, 0.3) is 0 Å². The molecule has 0 bridgehead atoms. The quantitative estimate of drug-likeness (QED) is 0.529. The van der Waals surface area contributed by atoms with Crippen LogP contribution in [0.2, 0.25) is 0 Å². The third-order valence-corrected chi connectivity index (χ3v) is 3.33. The molecule has 0 saturated heterocycles. The van der Waals surface area contributed by atoms with E-state index in [1.165, 1.54) is 0 Å². The molecule has 0 saturated carbocycles. The molecular weight excluding hydrogens is 214 g/mol. The summed E-state index contributed by atoms with van der Waals surface area (Å²) < 4.78 is 5.58. The molecule has 0 rings (SSSR count). The summed E-state index contributed by atoms with van der Waals surface area (Å²) in [6.07, 6.45) is 0.621. The van der Waals surface area contributed by atoms with Gasteiger partial charge in [0.2, 0.25) is 0 Å². The zero-order valence-electron chi connectivity index (χ0n) is 12.7. The fourth-order valence-corrected chi connectivity index (χ4v) is 1.96. The standard InChI is InChI=1S/C14H29NO2/c1-9-14(7,8)13(16)17-12(6)15(10(2)3)11(4)5/h10-12H,9H2,1-8H3. The van der Waals surface area contributed by atoms with E-state index in [4.69, 9.17) is 4.74 Å². The Morgan fingerprint density at radius 2 is 1.53 bits per heavy atom. The van der Waals surface area contributed by atoms with Crippen molar-refractivity contribution in [2.45, 2.75) is 80.1 Å². The molecule has 1 atom stereocenters. The van der Waals surface area contributed by atoms with Crippen molar-refractivity contribution in [3.63, 3.8) is 0 Å². The smallest absolute Gasteiger partial charge is 0.313 e. The molecule has 0 fully saturated rings. The summed E-state index contributed by atoms with van der Waals surface area (Å²) in [5.41, 5.74) is -0.395. The average molecular weight is 243 g/mol. The Labute approximate surface area is 107 Å². The van der Waals surface area contributed by atoms with Crippen LogP contribution in [-0.2, 0) is 9.53 Å². The fourth-order valence-electron chi connectivity index (χ4n) is 1.96. The van der Waals surface area contributed by atoms with Crippen LogP contribution in [0.15, 0.2) is 0 Å². The van der Waals surface area contributed by atoms with Crippen LogP contribution in [0.5, 0.6) is 0 Å². The number of carbonyl (C=O) groups excluding carboxylic acids is 1. The van der Waals surface area contributed by atoms with Gasteiger partial charge in [-0.2, -0.15) is 0 Å². The van der Waals surface area contributed by atoms with E-state index in [0.717, 1.165) is 6.42 Å². The maximum Gasteiger partial charge on any atom is 0.313 e. The summed E-state index contributed by atoms with van der Waals surface area (Å²) in [4.78, 5) is 14.2. The van der Waals surface area contributed by atoms with Gasteiger partial charge in [0.1, 0.15) is 0 Å². The van der Waals surface area contributed by atoms with Gasteiger partial charge in [-0.05, 0) is 54.9 Å². The monoisotopic (exact) mass is 243 g/mol. The van der Waals surface area contributed by atoms with E-state index in [1.807, 2.05) is 27.7 Å². The van der Waals surface area contributed by atoms with Crippen molar-refractivity contribution in [1.29, 1.82) is 0 Å². The van der Waals surface area contributed by atoms with Gasteiger partial charge in [-0.1, -0.05) is 6.92 Å². The van der Waals surface area contributed by atoms with Gasteiger partial charge >= 0.3 is 5.97 Å². The van der Waals surface area contributed by atoms with Gasteiger partial charge in [0.05, 0.1) is 5.41 Å². The highest BCUT2D eigenvalue weighted by molar-refractivity contribution is 5.75. The summed E-state index contributed by atoms with van der Waals surface area (Å²) in [6, 6.07) is 0.727. The number of carbonyl (C=O) groups is 1. The largest absolute Gasteiger partial charge is 0.446 e. The van der Waals surface area contributed by atoms with Gasteiger partial charge in [-0.25, -0.2) is 0 Å². The lowest BCUT2D eigenvalue weighted by Crippen LogP contribution is -2.47. The molecule has 0 aliphatic heterocycles. The van der Waals surface area contributed by atoms with Gasteiger partial charge in [0.15, 0.2) is 6.23 Å². The Hall–Kier alpha value is -0.570. The first-order valence-corrected chi connectivity index (χ1v) is 6.62. The van der Waals surface area contributed by atoms with Crippen LogP contribution in [0.4, 0.5) is 0 Å². The lowest BCUT2D eigenvalue weighted by molar-refractivity contribution is -0.171. The van der Waals surface area contributed by atoms with Crippen molar-refractivity contribution in [3.8, 4) is 0 Å². The maximum absolute atomic E-state index is 12.0. The molecule has 0 spiro atoms. The zero-order chi connectivity index (χ0) is 13.8. The Balaban J connectivity index is 4.62. The highest BCUT2D eigenvalue weighted by Crippen LogP contribution is 2.23. The predicted octanol–water partition coefficient (Wildman–Crippen LogP) is 3.43. The second-order valence-electron chi connectivity index (χ2n) is 5.88. The molecule has 0 amide bonds. The van der Waals surface area contributed by atoms with E-state index < -0.39 is 5.41 Å². The minimum Gasteiger partial charge on any atom is -0.446 e. The van der Waals surface area contributed by atoms with E-state index in [2.05, 4.69) is 32.6 Å². The second kappa shape index (κ2) is 6.39. The second-order valence-corrected chi connectivity index (χ2v) is 5.88. The molecule has 17 heavy (non-hydrogen) atoms. The molecule has 0 radical (unpaired) electrons. The lowest BCUT2D eigenvalue weighted by Gasteiger charge is -2.36. The highest BCUT2D eigenvalue weighted by atomic mass is 16.6. The van der Waals surface area contributed by atoms with Gasteiger partial charge < -0.3 is 4.74 Å². The SMILES string of the molecule is CCC(C)(C)C(=O)OC(C)N(C(C)C)C(C)C. The normalized spacial score (nSPS) is 14.5. The van der Waals surface area contributed by atoms with Crippen LogP contribution >= 0.6 is 0 Å². The Kier molecular flexibility index (Phi) is 6.17. The lowest BCUT2D eigenvalue weighted by atomic mass is 9.91. The Bertz CT molecular complexity index is 239. The summed E-state index contributed by atoms with van der Waals surface area (Å²) in [5, 5.41) is 0. The first-order valence-electron chi connectivity index (χ1n) is 6.62. The van der Waals surface area contributed by atoms with E-state index >= 15 is 0 Å². The van der Waals surface area contributed by atoms with Crippen molar-refractivity contribution in [3.05, 3.63) is 0 Å². The summed E-state index contributed by atoms with van der Waals surface area (Å²) in [6.45, 7) is 16.3. The maximum atomic E-state index is 12.0. The molecule has 1 unspecified atom stereocenters. The molecule has 0 aliphatic carbocycles. The molecule has 3 nitrogen and oxygen atoms in total. The highest BCUT2D eigenvalue weighted by Gasteiger charge is 2.31. The summed E-state index contributed by atoms with van der Waals surface area (Å²) in [7, 11) is 0. The van der Waals surface area contributed by atoms with Crippen LogP contribution in [-0.4, -0.2) is 29.2 Å². The first-order chi connectivity index (χ1) is 7.63. The van der Waals surface area contributed by atoms with Gasteiger partial charge in [-0.15, -0.1) is 0 Å². The summed E-state index contributed by atoms with van der Waals surface area (Å²) >= 11 is 0. The number of esters is 1. The van der Waals surface area contributed by atoms with E-state index in [1.54, 1.807) is 0 Å². The Morgan fingerprint density at radius 3 is 1.82 bits per heavy atom. The van der Waals surface area contributed by atoms with Crippen LogP contribution < -0.4 is 0 Å². The topological polar surface area (TPSA) is 29.5 Å². The van der Waals surface area contributed by atoms with Gasteiger partial charge in [0, 0.05) is 12.1 Å². The third-order valence-electron chi connectivity index (χ3n) is 3.33. The number of nitrogens with zero attached hydrogens (tertiary/aromatic N) is 1. The first kappa shape index (κ1) is 16.4. The van der Waals surface area contributed by atoms with Crippen LogP contribution in [0, 0.1) is 5.41 Å². The number of hydrogen-bond donors (Lipinski definition) is 0. The Morgan fingerprint density at radius 1 is 1.12 bits per heavy atom. The zero-order valence-corrected chi connectivity index (χ0v) is 12.7. The van der Waals surface area contributed by atoms with Crippen molar-refractivity contribution < 1.29 is 9.53 Å². The van der Waals surface area contributed by atoms with Crippen molar-refractivity contribution >= 4 is 5.97 Å². The molecule has 0 aromatic carbocycles. The molecular formula is C14H29NO2. The van der Waals surface area contributed by atoms with E-state index in [0.29, 0.717) is 12.1 Å². The molecule has 0 N–H and O–H groups in total. The van der Waals surface area contributed by atoms with Crippen molar-refractivity contribution in [2.24, 2.45) is 5.41 Å². The molecule has 102 valence electrons. The molecule has 0 aromatic rings. The minimum atomic E-state index is -0.395. The number of hydrogen-bond acceptors (Lipinski definition) is 3. The molecule has 0 aliphatic rings. The fraction of sp³-hybridized carbons (Fsp3) is 0.929. The van der Waals surface area contributed by atoms with Crippen LogP contribution in [0.1, 0.15) is 61.8 Å². The van der Waals surface area contributed by atoms with Crippen molar-refractivity contribution in [1.82, 2.24) is 4.90 Å². The minimum absolute atomic E-state index is 0.112. The molecule has 0 aromatic heterocycles. The van der Waals surface area contributed by atoms with Crippen molar-refractivity contribution in [2.75, 3.05) is 0 Å². The predicted molar refractivity (Wildman–Crippen MR) is 71.7 cm³/mol. The average Bonchev–Trinajstić information content (AvgIpc) is 2.15. The third kappa shape index (κ3) is 4.66.